The summed E-state index contributed by atoms with van der Waals surface area (Å²) in [4.78, 5) is 18.0. The lowest BCUT2D eigenvalue weighted by molar-refractivity contribution is 0.643. The van der Waals surface area contributed by atoms with Crippen molar-refractivity contribution in [3.63, 3.8) is 0 Å². The third kappa shape index (κ3) is 4.14. The third-order valence-electron chi connectivity index (χ3n) is 4.46. The number of aromatic nitrogens is 3. The molecule has 0 saturated carbocycles. The summed E-state index contributed by atoms with van der Waals surface area (Å²) in [6.07, 6.45) is 7.42. The van der Waals surface area contributed by atoms with Crippen LogP contribution in [0, 0.1) is 0 Å². The molecular formula is C20H21N5S. The van der Waals surface area contributed by atoms with Crippen molar-refractivity contribution in [3.8, 4) is 0 Å². The summed E-state index contributed by atoms with van der Waals surface area (Å²) in [5.41, 5.74) is 2.54. The van der Waals surface area contributed by atoms with E-state index in [0.29, 0.717) is 0 Å². The van der Waals surface area contributed by atoms with E-state index in [1.165, 1.54) is 11.3 Å². The molecule has 0 amide bonds. The Labute approximate surface area is 158 Å². The largest absolute Gasteiger partial charge is 0.368 e. The van der Waals surface area contributed by atoms with Crippen LogP contribution in [0.5, 0.6) is 0 Å². The molecule has 1 aromatic carbocycles. The normalized spacial score (nSPS) is 14.5. The topological polar surface area (TPSA) is 45.2 Å². The van der Waals surface area contributed by atoms with Crippen LogP contribution in [0.15, 0.2) is 72.3 Å². The first-order chi connectivity index (χ1) is 12.9. The maximum atomic E-state index is 4.81. The summed E-state index contributed by atoms with van der Waals surface area (Å²) in [5, 5.41) is 0.975. The molecule has 5 nitrogen and oxygen atoms in total. The van der Waals surface area contributed by atoms with E-state index in [2.05, 4.69) is 56.2 Å². The van der Waals surface area contributed by atoms with E-state index in [-0.39, 0.29) is 0 Å². The Morgan fingerprint density at radius 1 is 0.808 bits per heavy atom. The van der Waals surface area contributed by atoms with E-state index >= 15 is 0 Å². The lowest BCUT2D eigenvalue weighted by Crippen LogP contribution is -2.46. The minimum Gasteiger partial charge on any atom is -0.368 e. The molecule has 1 saturated heterocycles. The van der Waals surface area contributed by atoms with Crippen LogP contribution in [0.1, 0.15) is 5.56 Å². The van der Waals surface area contributed by atoms with Gasteiger partial charge >= 0.3 is 0 Å². The molecule has 0 aliphatic carbocycles. The molecule has 0 bridgehead atoms. The first-order valence-electron chi connectivity index (χ1n) is 8.77. The molecule has 3 aromatic rings. The lowest BCUT2D eigenvalue weighted by atomic mass is 10.2. The number of hydrogen-bond donors (Lipinski definition) is 0. The minimum atomic E-state index is 0.912. The van der Waals surface area contributed by atoms with Crippen molar-refractivity contribution in [2.24, 2.45) is 0 Å². The van der Waals surface area contributed by atoms with Gasteiger partial charge in [0.25, 0.3) is 0 Å². The van der Waals surface area contributed by atoms with E-state index in [1.807, 2.05) is 30.9 Å². The van der Waals surface area contributed by atoms with E-state index in [9.17, 15) is 0 Å². The summed E-state index contributed by atoms with van der Waals surface area (Å²) in [5.74, 6) is 1.88. The zero-order chi connectivity index (χ0) is 17.6. The van der Waals surface area contributed by atoms with Gasteiger partial charge in [-0.25, -0.2) is 4.98 Å². The molecule has 26 heavy (non-hydrogen) atoms. The molecule has 3 heterocycles. The number of benzene rings is 1. The molecule has 0 radical (unpaired) electrons. The van der Waals surface area contributed by atoms with Crippen LogP contribution in [0.25, 0.3) is 0 Å². The molecule has 6 heteroatoms. The van der Waals surface area contributed by atoms with Crippen molar-refractivity contribution in [2.75, 3.05) is 36.0 Å². The Bertz CT molecular complexity index is 820. The monoisotopic (exact) mass is 363 g/mol. The Morgan fingerprint density at radius 3 is 2.31 bits per heavy atom. The van der Waals surface area contributed by atoms with Gasteiger partial charge in [-0.15, -0.1) is 11.8 Å². The van der Waals surface area contributed by atoms with Crippen LogP contribution in [0.2, 0.25) is 0 Å². The molecule has 132 valence electrons. The Balaban J connectivity index is 1.36. The SMILES string of the molecule is c1ccc(CSc2cncc(N3CCN(c4ccncc4)CC3)n2)cc1. The molecule has 0 atom stereocenters. The predicted octanol–water partition coefficient (Wildman–Crippen LogP) is 3.49. The maximum absolute atomic E-state index is 4.81. The summed E-state index contributed by atoms with van der Waals surface area (Å²) in [7, 11) is 0. The molecule has 1 aliphatic rings. The van der Waals surface area contributed by atoms with Gasteiger partial charge in [-0.2, -0.15) is 0 Å². The number of thioether (sulfide) groups is 1. The van der Waals surface area contributed by atoms with Gasteiger partial charge in [0.15, 0.2) is 0 Å². The molecule has 0 unspecified atom stereocenters. The molecule has 0 spiro atoms. The van der Waals surface area contributed by atoms with Gasteiger partial charge in [0.2, 0.25) is 0 Å². The van der Waals surface area contributed by atoms with Crippen molar-refractivity contribution in [3.05, 3.63) is 72.8 Å². The number of pyridine rings is 1. The van der Waals surface area contributed by atoms with Crippen molar-refractivity contribution >= 4 is 23.3 Å². The number of rotatable bonds is 5. The summed E-state index contributed by atoms with van der Waals surface area (Å²) in [6, 6.07) is 14.6. The van der Waals surface area contributed by atoms with Crippen LogP contribution in [-0.2, 0) is 5.75 Å². The highest BCUT2D eigenvalue weighted by Gasteiger charge is 2.18. The fraction of sp³-hybridized carbons (Fsp3) is 0.250. The smallest absolute Gasteiger partial charge is 0.148 e. The van der Waals surface area contributed by atoms with Crippen molar-refractivity contribution in [2.45, 2.75) is 10.8 Å². The highest BCUT2D eigenvalue weighted by molar-refractivity contribution is 7.98. The first-order valence-corrected chi connectivity index (χ1v) is 9.76. The van der Waals surface area contributed by atoms with Gasteiger partial charge in [0, 0.05) is 50.0 Å². The number of piperazine rings is 1. The standard InChI is InChI=1S/C20H21N5S/c1-2-4-17(5-3-1)16-26-20-15-22-14-19(23-20)25-12-10-24(11-13-25)18-6-8-21-9-7-18/h1-9,14-15H,10-13,16H2. The van der Waals surface area contributed by atoms with Crippen molar-refractivity contribution in [1.82, 2.24) is 15.0 Å². The highest BCUT2D eigenvalue weighted by Crippen LogP contribution is 2.23. The molecule has 0 N–H and O–H groups in total. The molecular weight excluding hydrogens is 342 g/mol. The van der Waals surface area contributed by atoms with E-state index < -0.39 is 0 Å². The fourth-order valence-corrected chi connectivity index (χ4v) is 3.84. The van der Waals surface area contributed by atoms with Gasteiger partial charge in [-0.1, -0.05) is 30.3 Å². The Hall–Kier alpha value is -2.60. The van der Waals surface area contributed by atoms with Gasteiger partial charge < -0.3 is 9.80 Å². The van der Waals surface area contributed by atoms with Gasteiger partial charge in [-0.05, 0) is 17.7 Å². The number of nitrogens with zero attached hydrogens (tertiary/aromatic N) is 5. The van der Waals surface area contributed by atoms with Crippen LogP contribution in [0.3, 0.4) is 0 Å². The highest BCUT2D eigenvalue weighted by atomic mass is 32.2. The van der Waals surface area contributed by atoms with E-state index in [4.69, 9.17) is 4.98 Å². The van der Waals surface area contributed by atoms with E-state index in [1.54, 1.807) is 11.8 Å². The van der Waals surface area contributed by atoms with Gasteiger partial charge in [0.1, 0.15) is 10.8 Å². The van der Waals surface area contributed by atoms with E-state index in [0.717, 1.165) is 42.8 Å². The minimum absolute atomic E-state index is 0.912. The Kier molecular flexibility index (Phi) is 5.30. The van der Waals surface area contributed by atoms with Gasteiger partial charge in [0.05, 0.1) is 12.4 Å². The summed E-state index contributed by atoms with van der Waals surface area (Å²) < 4.78 is 0. The zero-order valence-corrected chi connectivity index (χ0v) is 15.3. The molecule has 2 aromatic heterocycles. The second kappa shape index (κ2) is 8.19. The summed E-state index contributed by atoms with van der Waals surface area (Å²) in [6.45, 7) is 3.85. The van der Waals surface area contributed by atoms with Crippen LogP contribution in [-0.4, -0.2) is 41.1 Å². The predicted molar refractivity (Wildman–Crippen MR) is 107 cm³/mol. The Morgan fingerprint density at radius 2 is 1.54 bits per heavy atom. The van der Waals surface area contributed by atoms with Crippen LogP contribution < -0.4 is 9.80 Å². The quantitative estimate of drug-likeness (QED) is 0.647. The zero-order valence-electron chi connectivity index (χ0n) is 14.5. The molecule has 1 fully saturated rings. The second-order valence-electron chi connectivity index (χ2n) is 6.17. The van der Waals surface area contributed by atoms with Crippen molar-refractivity contribution in [1.29, 1.82) is 0 Å². The second-order valence-corrected chi connectivity index (χ2v) is 7.16. The average molecular weight is 363 g/mol. The fourth-order valence-electron chi connectivity index (χ4n) is 3.04. The van der Waals surface area contributed by atoms with Crippen LogP contribution >= 0.6 is 11.8 Å². The van der Waals surface area contributed by atoms with Crippen molar-refractivity contribution < 1.29 is 0 Å². The summed E-state index contributed by atoms with van der Waals surface area (Å²) >= 11 is 1.73. The van der Waals surface area contributed by atoms with Gasteiger partial charge in [-0.3, -0.25) is 9.97 Å². The number of hydrogen-bond acceptors (Lipinski definition) is 6. The number of anilines is 2. The molecule has 4 rings (SSSR count). The maximum Gasteiger partial charge on any atom is 0.148 e. The lowest BCUT2D eigenvalue weighted by Gasteiger charge is -2.36. The van der Waals surface area contributed by atoms with Crippen LogP contribution in [0.4, 0.5) is 11.5 Å². The molecule has 1 aliphatic heterocycles. The average Bonchev–Trinajstić information content (AvgIpc) is 2.74. The third-order valence-corrected chi connectivity index (χ3v) is 5.43. The first kappa shape index (κ1) is 16.8.